The van der Waals surface area contributed by atoms with E-state index in [-0.39, 0.29) is 17.1 Å². The lowest BCUT2D eigenvalue weighted by Gasteiger charge is -2.13. The summed E-state index contributed by atoms with van der Waals surface area (Å²) in [6, 6.07) is 13.6. The maximum atomic E-state index is 12.7. The average Bonchev–Trinajstić information content (AvgIpc) is 3.15. The molecule has 3 aromatic rings. The second-order valence-electron chi connectivity index (χ2n) is 7.61. The summed E-state index contributed by atoms with van der Waals surface area (Å²) in [6.45, 7) is 3.84. The second kappa shape index (κ2) is 9.09. The number of carbonyl (C=O) groups excluding carboxylic acids is 2. The van der Waals surface area contributed by atoms with Crippen molar-refractivity contribution >= 4 is 17.6 Å². The molecule has 0 aliphatic heterocycles. The van der Waals surface area contributed by atoms with E-state index in [4.69, 9.17) is 9.15 Å². The van der Waals surface area contributed by atoms with E-state index in [1.807, 2.05) is 12.1 Å². The number of hydrazone groups is 1. The number of aryl methyl sites for hydroxylation is 2. The molecule has 32 heavy (non-hydrogen) atoms. The third kappa shape index (κ3) is 4.27. The van der Waals surface area contributed by atoms with Crippen LogP contribution in [0.15, 0.2) is 58.0 Å². The molecule has 2 N–H and O–H groups in total. The van der Waals surface area contributed by atoms with E-state index in [1.165, 1.54) is 12.1 Å². The number of hydrogen-bond donors (Lipinski definition) is 2. The highest BCUT2D eigenvalue weighted by Gasteiger charge is 2.29. The van der Waals surface area contributed by atoms with Crippen molar-refractivity contribution in [2.45, 2.75) is 39.5 Å². The van der Waals surface area contributed by atoms with Gasteiger partial charge < -0.3 is 14.3 Å². The van der Waals surface area contributed by atoms with Gasteiger partial charge in [0.2, 0.25) is 5.76 Å². The summed E-state index contributed by atoms with van der Waals surface area (Å²) in [5, 5.41) is 14.1. The van der Waals surface area contributed by atoms with Crippen molar-refractivity contribution in [3.8, 4) is 11.5 Å². The van der Waals surface area contributed by atoms with Gasteiger partial charge >= 0.3 is 5.97 Å². The zero-order chi connectivity index (χ0) is 22.7. The summed E-state index contributed by atoms with van der Waals surface area (Å²) in [5.41, 5.74) is 5.77. The summed E-state index contributed by atoms with van der Waals surface area (Å²) in [5.74, 6) is 0.0300. The average molecular weight is 432 g/mol. The molecule has 0 atom stereocenters. The molecule has 7 nitrogen and oxygen atoms in total. The van der Waals surface area contributed by atoms with Crippen molar-refractivity contribution in [1.29, 1.82) is 0 Å². The Balaban J connectivity index is 1.55. The van der Waals surface area contributed by atoms with Gasteiger partial charge in [0.15, 0.2) is 0 Å². The van der Waals surface area contributed by atoms with Gasteiger partial charge in [0, 0.05) is 17.5 Å². The number of phenolic OH excluding ortho intramolecular Hbond substituents is 1. The highest BCUT2D eigenvalue weighted by atomic mass is 16.5. The van der Waals surface area contributed by atoms with Crippen LogP contribution >= 0.6 is 0 Å². The first-order valence-corrected chi connectivity index (χ1v) is 10.6. The number of ether oxygens (including phenoxy) is 1. The predicted molar refractivity (Wildman–Crippen MR) is 119 cm³/mol. The molecule has 7 heteroatoms. The van der Waals surface area contributed by atoms with E-state index in [0.29, 0.717) is 35.6 Å². The van der Waals surface area contributed by atoms with Crippen LogP contribution in [0.3, 0.4) is 0 Å². The van der Waals surface area contributed by atoms with E-state index in [9.17, 15) is 14.7 Å². The van der Waals surface area contributed by atoms with Crippen LogP contribution in [0.25, 0.3) is 0 Å². The number of para-hydroxylation sites is 1. The van der Waals surface area contributed by atoms with Crippen LogP contribution in [0.2, 0.25) is 0 Å². The Labute approximate surface area is 185 Å². The van der Waals surface area contributed by atoms with Gasteiger partial charge in [-0.25, -0.2) is 10.2 Å². The Morgan fingerprint density at radius 2 is 1.88 bits per heavy atom. The molecule has 164 valence electrons. The van der Waals surface area contributed by atoms with E-state index in [2.05, 4.69) is 17.5 Å². The van der Waals surface area contributed by atoms with Gasteiger partial charge in [-0.15, -0.1) is 0 Å². The van der Waals surface area contributed by atoms with Crippen LogP contribution in [-0.2, 0) is 12.8 Å². The summed E-state index contributed by atoms with van der Waals surface area (Å²) >= 11 is 0. The molecule has 0 fully saturated rings. The molecule has 0 saturated carbocycles. The van der Waals surface area contributed by atoms with Crippen LogP contribution in [-0.4, -0.2) is 22.7 Å². The lowest BCUT2D eigenvalue weighted by molar-refractivity contribution is 0.0698. The van der Waals surface area contributed by atoms with Gasteiger partial charge in [0.05, 0.1) is 11.3 Å². The number of amides is 1. The molecule has 0 radical (unpaired) electrons. The molecule has 0 spiro atoms. The molecule has 1 aromatic heterocycles. The Morgan fingerprint density at radius 3 is 2.59 bits per heavy atom. The largest absolute Gasteiger partial charge is 0.507 e. The summed E-state index contributed by atoms with van der Waals surface area (Å²) in [6.07, 6.45) is 2.97. The number of carbonyl (C=O) groups is 2. The lowest BCUT2D eigenvalue weighted by Crippen LogP contribution is -2.22. The van der Waals surface area contributed by atoms with Crippen molar-refractivity contribution in [2.24, 2.45) is 5.10 Å². The van der Waals surface area contributed by atoms with Crippen LogP contribution < -0.4 is 10.2 Å². The monoisotopic (exact) mass is 432 g/mol. The molecule has 1 aliphatic rings. The van der Waals surface area contributed by atoms with Crippen molar-refractivity contribution < 1.29 is 23.8 Å². The van der Waals surface area contributed by atoms with Gasteiger partial charge in [-0.3, -0.25) is 4.79 Å². The van der Waals surface area contributed by atoms with Crippen LogP contribution in [0.4, 0.5) is 0 Å². The minimum atomic E-state index is -0.571. The Morgan fingerprint density at radius 1 is 1.12 bits per heavy atom. The number of esters is 1. The van der Waals surface area contributed by atoms with Gasteiger partial charge in [0.1, 0.15) is 17.3 Å². The Hall–Kier alpha value is -3.87. The number of benzene rings is 2. The van der Waals surface area contributed by atoms with E-state index >= 15 is 0 Å². The highest BCUT2D eigenvalue weighted by Crippen LogP contribution is 2.30. The molecule has 0 saturated heterocycles. The SMILES string of the molecule is CCc1ccc(OC(=O)c2oc3c(c2C)/C(=N/NC(=O)c2ccccc2O)CCC3)cc1. The number of nitrogens with one attached hydrogen (secondary N) is 1. The zero-order valence-corrected chi connectivity index (χ0v) is 18.0. The lowest BCUT2D eigenvalue weighted by atomic mass is 9.93. The zero-order valence-electron chi connectivity index (χ0n) is 18.0. The molecule has 1 heterocycles. The third-order valence-corrected chi connectivity index (χ3v) is 5.49. The second-order valence-corrected chi connectivity index (χ2v) is 7.61. The smallest absolute Gasteiger partial charge is 0.379 e. The highest BCUT2D eigenvalue weighted by molar-refractivity contribution is 6.07. The number of furan rings is 1. The molecule has 1 aliphatic carbocycles. The molecular weight excluding hydrogens is 408 g/mol. The maximum Gasteiger partial charge on any atom is 0.379 e. The fraction of sp³-hybridized carbons (Fsp3) is 0.240. The van der Waals surface area contributed by atoms with E-state index in [1.54, 1.807) is 31.2 Å². The van der Waals surface area contributed by atoms with Gasteiger partial charge in [-0.05, 0) is 56.0 Å². The quantitative estimate of drug-likeness (QED) is 0.350. The first-order chi connectivity index (χ1) is 15.5. The topological polar surface area (TPSA) is 101 Å². The van der Waals surface area contributed by atoms with Crippen LogP contribution in [0.1, 0.15) is 63.1 Å². The minimum Gasteiger partial charge on any atom is -0.507 e. The first kappa shape index (κ1) is 21.4. The summed E-state index contributed by atoms with van der Waals surface area (Å²) in [7, 11) is 0. The number of nitrogens with zero attached hydrogens (tertiary/aromatic N) is 1. The predicted octanol–water partition coefficient (Wildman–Crippen LogP) is 4.55. The summed E-state index contributed by atoms with van der Waals surface area (Å²) in [4.78, 5) is 25.1. The van der Waals surface area contributed by atoms with Crippen LogP contribution in [0, 0.1) is 6.92 Å². The molecule has 0 bridgehead atoms. The first-order valence-electron chi connectivity index (χ1n) is 10.6. The number of fused-ring (bicyclic) bond motifs is 1. The fourth-order valence-electron chi connectivity index (χ4n) is 3.77. The van der Waals surface area contributed by atoms with E-state index < -0.39 is 11.9 Å². The molecule has 2 aromatic carbocycles. The van der Waals surface area contributed by atoms with Crippen molar-refractivity contribution in [1.82, 2.24) is 5.43 Å². The van der Waals surface area contributed by atoms with Gasteiger partial charge in [-0.1, -0.05) is 31.2 Å². The van der Waals surface area contributed by atoms with E-state index in [0.717, 1.165) is 24.0 Å². The molecule has 0 unspecified atom stereocenters. The number of rotatable bonds is 5. The van der Waals surface area contributed by atoms with Crippen molar-refractivity contribution in [2.75, 3.05) is 0 Å². The standard InChI is InChI=1S/C25H24N2O5/c1-3-16-11-13-17(14-12-16)31-25(30)23-15(2)22-19(8-6-10-21(22)32-23)26-27-24(29)18-7-4-5-9-20(18)28/h4-5,7,9,11-14,28H,3,6,8,10H2,1-2H3,(H,27,29)/b26-19+. The Bertz CT molecular complexity index is 1190. The van der Waals surface area contributed by atoms with Gasteiger partial charge in [-0.2, -0.15) is 5.10 Å². The Kier molecular flexibility index (Phi) is 6.07. The third-order valence-electron chi connectivity index (χ3n) is 5.49. The number of phenols is 1. The molecular formula is C25H24N2O5. The molecule has 1 amide bonds. The molecule has 4 rings (SSSR count). The van der Waals surface area contributed by atoms with Crippen molar-refractivity contribution in [3.05, 3.63) is 82.3 Å². The van der Waals surface area contributed by atoms with Crippen molar-refractivity contribution in [3.63, 3.8) is 0 Å². The number of hydrogen-bond acceptors (Lipinski definition) is 6. The summed E-state index contributed by atoms with van der Waals surface area (Å²) < 4.78 is 11.3. The normalized spacial score (nSPS) is 14.1. The fourth-order valence-corrected chi connectivity index (χ4v) is 3.77. The van der Waals surface area contributed by atoms with Crippen LogP contribution in [0.5, 0.6) is 11.5 Å². The maximum absolute atomic E-state index is 12.7. The number of aromatic hydroxyl groups is 1. The minimum absolute atomic E-state index is 0.119. The van der Waals surface area contributed by atoms with Gasteiger partial charge in [0.25, 0.3) is 5.91 Å².